The van der Waals surface area contributed by atoms with E-state index in [2.05, 4.69) is 10.1 Å². The van der Waals surface area contributed by atoms with Gasteiger partial charge in [0.1, 0.15) is 0 Å². The molecule has 0 heterocycles. The Morgan fingerprint density at radius 1 is 1.36 bits per heavy atom. The van der Waals surface area contributed by atoms with Crippen molar-refractivity contribution in [1.29, 1.82) is 0 Å². The van der Waals surface area contributed by atoms with E-state index in [4.69, 9.17) is 5.73 Å². The Labute approximate surface area is 133 Å². The van der Waals surface area contributed by atoms with Crippen LogP contribution in [0, 0.1) is 11.2 Å². The van der Waals surface area contributed by atoms with Gasteiger partial charge in [-0.25, -0.2) is 4.39 Å². The molecule has 0 aromatic heterocycles. The maximum absolute atomic E-state index is 13.6. The lowest BCUT2D eigenvalue weighted by molar-refractivity contribution is -0.125. The van der Waals surface area contributed by atoms with Crippen molar-refractivity contribution in [3.05, 3.63) is 24.0 Å². The first kappa shape index (κ1) is 20.5. The van der Waals surface area contributed by atoms with Crippen molar-refractivity contribution < 1.29 is 22.7 Å². The van der Waals surface area contributed by atoms with Gasteiger partial charge in [-0.15, -0.1) is 12.4 Å². The minimum atomic E-state index is -3.11. The van der Waals surface area contributed by atoms with Crippen LogP contribution in [0.4, 0.5) is 18.9 Å². The second-order valence-electron chi connectivity index (χ2n) is 4.67. The molecule has 0 spiro atoms. The first-order chi connectivity index (χ1) is 9.88. The molecule has 3 N–H and O–H groups in total. The second-order valence-corrected chi connectivity index (χ2v) is 4.67. The summed E-state index contributed by atoms with van der Waals surface area (Å²) in [6, 6.07) is 3.27. The van der Waals surface area contributed by atoms with Crippen molar-refractivity contribution in [2.45, 2.75) is 33.3 Å². The molecular formula is C14H20ClF3N2O2. The van der Waals surface area contributed by atoms with Crippen molar-refractivity contribution in [3.63, 3.8) is 0 Å². The van der Waals surface area contributed by atoms with Crippen LogP contribution in [0.15, 0.2) is 18.2 Å². The lowest BCUT2D eigenvalue weighted by atomic mass is 9.81. The zero-order valence-electron chi connectivity index (χ0n) is 12.4. The lowest BCUT2D eigenvalue weighted by Gasteiger charge is -2.28. The number of nitrogens with one attached hydrogen (secondary N) is 1. The first-order valence-corrected chi connectivity index (χ1v) is 6.64. The van der Waals surface area contributed by atoms with E-state index in [1.807, 2.05) is 13.8 Å². The third kappa shape index (κ3) is 4.78. The summed E-state index contributed by atoms with van der Waals surface area (Å²) in [5, 5.41) is 2.55. The number of benzene rings is 1. The van der Waals surface area contributed by atoms with E-state index in [1.165, 1.54) is 6.07 Å². The van der Waals surface area contributed by atoms with E-state index < -0.39 is 23.6 Å². The number of carbonyl (C=O) groups is 1. The zero-order valence-corrected chi connectivity index (χ0v) is 13.2. The molecule has 1 aromatic rings. The van der Waals surface area contributed by atoms with E-state index in [9.17, 15) is 18.0 Å². The van der Waals surface area contributed by atoms with Crippen LogP contribution in [0.25, 0.3) is 0 Å². The Morgan fingerprint density at radius 2 is 1.95 bits per heavy atom. The third-order valence-corrected chi connectivity index (χ3v) is 3.63. The standard InChI is InChI=1S/C14H19F3N2O2.ClH/c1-3-14(4-2,8-18)12(20)19-9-5-6-11(10(15)7-9)21-13(16)17;/h5-7,13H,3-4,8,18H2,1-2H3,(H,19,20);1H. The average molecular weight is 341 g/mol. The number of alkyl halides is 2. The molecule has 0 unspecified atom stereocenters. The molecule has 0 fully saturated rings. The Kier molecular flexibility index (Phi) is 8.26. The minimum Gasteiger partial charge on any atom is -0.432 e. The second kappa shape index (κ2) is 8.85. The zero-order chi connectivity index (χ0) is 16.0. The molecule has 126 valence electrons. The van der Waals surface area contributed by atoms with Gasteiger partial charge in [-0.1, -0.05) is 13.8 Å². The first-order valence-electron chi connectivity index (χ1n) is 6.64. The fourth-order valence-corrected chi connectivity index (χ4v) is 1.99. The normalized spacial score (nSPS) is 11.0. The van der Waals surface area contributed by atoms with Crippen LogP contribution in [-0.4, -0.2) is 19.1 Å². The van der Waals surface area contributed by atoms with Gasteiger partial charge in [0, 0.05) is 18.3 Å². The van der Waals surface area contributed by atoms with Crippen LogP contribution in [0.3, 0.4) is 0 Å². The highest BCUT2D eigenvalue weighted by molar-refractivity contribution is 5.95. The quantitative estimate of drug-likeness (QED) is 0.797. The van der Waals surface area contributed by atoms with Crippen LogP contribution >= 0.6 is 12.4 Å². The van der Waals surface area contributed by atoms with Gasteiger partial charge in [-0.2, -0.15) is 8.78 Å². The van der Waals surface area contributed by atoms with Crippen molar-refractivity contribution in [2.75, 3.05) is 11.9 Å². The molecule has 0 saturated heterocycles. The number of carbonyl (C=O) groups excluding carboxylic acids is 1. The van der Waals surface area contributed by atoms with Crippen molar-refractivity contribution >= 4 is 24.0 Å². The summed E-state index contributed by atoms with van der Waals surface area (Å²) in [6.07, 6.45) is 1.09. The van der Waals surface area contributed by atoms with Crippen molar-refractivity contribution in [1.82, 2.24) is 0 Å². The van der Waals surface area contributed by atoms with E-state index >= 15 is 0 Å². The summed E-state index contributed by atoms with van der Waals surface area (Å²) >= 11 is 0. The maximum atomic E-state index is 13.6. The van der Waals surface area contributed by atoms with Gasteiger partial charge in [0.2, 0.25) is 5.91 Å². The van der Waals surface area contributed by atoms with Crippen molar-refractivity contribution in [3.8, 4) is 5.75 Å². The summed E-state index contributed by atoms with van der Waals surface area (Å²) in [6.45, 7) is 0.748. The number of hydrogen-bond acceptors (Lipinski definition) is 3. The molecule has 0 saturated carbocycles. The smallest absolute Gasteiger partial charge is 0.387 e. The molecular weight excluding hydrogens is 321 g/mol. The highest BCUT2D eigenvalue weighted by atomic mass is 35.5. The van der Waals surface area contributed by atoms with Gasteiger partial charge < -0.3 is 15.8 Å². The van der Waals surface area contributed by atoms with Gasteiger partial charge in [-0.05, 0) is 25.0 Å². The fourth-order valence-electron chi connectivity index (χ4n) is 1.99. The molecule has 8 heteroatoms. The third-order valence-electron chi connectivity index (χ3n) is 3.63. The van der Waals surface area contributed by atoms with Gasteiger partial charge in [-0.3, -0.25) is 4.79 Å². The minimum absolute atomic E-state index is 0. The number of hydrogen-bond donors (Lipinski definition) is 2. The monoisotopic (exact) mass is 340 g/mol. The maximum Gasteiger partial charge on any atom is 0.387 e. The predicted octanol–water partition coefficient (Wildman–Crippen LogP) is 3.55. The van der Waals surface area contributed by atoms with Crippen LogP contribution in [-0.2, 0) is 4.79 Å². The van der Waals surface area contributed by atoms with Gasteiger partial charge in [0.05, 0.1) is 5.41 Å². The summed E-state index contributed by atoms with van der Waals surface area (Å²) in [7, 11) is 0. The molecule has 0 bridgehead atoms. The number of rotatable bonds is 7. The van der Waals surface area contributed by atoms with Gasteiger partial charge in [0.25, 0.3) is 0 Å². The molecule has 1 rings (SSSR count). The van der Waals surface area contributed by atoms with E-state index in [1.54, 1.807) is 0 Å². The number of amides is 1. The largest absolute Gasteiger partial charge is 0.432 e. The number of halogens is 4. The predicted molar refractivity (Wildman–Crippen MR) is 81.0 cm³/mol. The molecule has 1 amide bonds. The van der Waals surface area contributed by atoms with Crippen LogP contribution < -0.4 is 15.8 Å². The van der Waals surface area contributed by atoms with E-state index in [0.29, 0.717) is 12.8 Å². The van der Waals surface area contributed by atoms with E-state index in [-0.39, 0.29) is 30.5 Å². The average Bonchev–Trinajstić information content (AvgIpc) is 2.44. The molecule has 1 aromatic carbocycles. The Balaban J connectivity index is 0.00000441. The summed E-state index contributed by atoms with van der Waals surface area (Å²) in [4.78, 5) is 12.2. The Hall–Kier alpha value is -1.47. The van der Waals surface area contributed by atoms with Crippen molar-refractivity contribution in [2.24, 2.45) is 11.1 Å². The molecule has 0 aliphatic heterocycles. The summed E-state index contributed by atoms with van der Waals surface area (Å²) in [5.74, 6) is -1.87. The molecule has 0 aliphatic rings. The Morgan fingerprint density at radius 3 is 2.36 bits per heavy atom. The van der Waals surface area contributed by atoms with Crippen LogP contribution in [0.1, 0.15) is 26.7 Å². The molecule has 22 heavy (non-hydrogen) atoms. The summed E-state index contributed by atoms with van der Waals surface area (Å²) < 4.78 is 41.6. The molecule has 4 nitrogen and oxygen atoms in total. The van der Waals surface area contributed by atoms with Crippen LogP contribution in [0.2, 0.25) is 0 Å². The van der Waals surface area contributed by atoms with Crippen LogP contribution in [0.5, 0.6) is 5.75 Å². The summed E-state index contributed by atoms with van der Waals surface area (Å²) in [5.41, 5.74) is 5.09. The molecule has 0 atom stereocenters. The van der Waals surface area contributed by atoms with Gasteiger partial charge in [0.15, 0.2) is 11.6 Å². The molecule has 0 aliphatic carbocycles. The van der Waals surface area contributed by atoms with E-state index in [0.717, 1.165) is 12.1 Å². The Bertz CT molecular complexity index is 489. The van der Waals surface area contributed by atoms with Gasteiger partial charge >= 0.3 is 6.61 Å². The number of nitrogens with two attached hydrogens (primary N) is 1. The fraction of sp³-hybridized carbons (Fsp3) is 0.500. The SMILES string of the molecule is CCC(CC)(CN)C(=O)Nc1ccc(OC(F)F)c(F)c1.Cl. The molecule has 0 radical (unpaired) electrons. The lowest BCUT2D eigenvalue weighted by Crippen LogP contribution is -2.41. The number of anilines is 1. The number of ether oxygens (including phenoxy) is 1. The highest BCUT2D eigenvalue weighted by Gasteiger charge is 2.33. The topological polar surface area (TPSA) is 64.4 Å². The highest BCUT2D eigenvalue weighted by Crippen LogP contribution is 2.28.